The van der Waals surface area contributed by atoms with Gasteiger partial charge in [-0.05, 0) is 33.6 Å². The van der Waals surface area contributed by atoms with E-state index < -0.39 is 0 Å². The molecule has 0 aromatic rings. The minimum Gasteiger partial charge on any atom is -0.383 e. The lowest BCUT2D eigenvalue weighted by Crippen LogP contribution is -2.41. The number of hydrogen-bond acceptors (Lipinski definition) is 3. The van der Waals surface area contributed by atoms with Crippen molar-refractivity contribution in [1.29, 1.82) is 0 Å². The second-order valence-electron chi connectivity index (χ2n) is 5.33. The molecule has 0 spiro atoms. The van der Waals surface area contributed by atoms with Crippen molar-refractivity contribution >= 4 is 29.9 Å². The Hall–Kier alpha value is -0.0800. The zero-order valence-electron chi connectivity index (χ0n) is 12.6. The van der Waals surface area contributed by atoms with Gasteiger partial charge in [0.25, 0.3) is 0 Å². The largest absolute Gasteiger partial charge is 0.383 e. The molecule has 1 aliphatic carbocycles. The molecule has 6 heteroatoms. The fraction of sp³-hybridized carbons (Fsp3) is 0.923. The van der Waals surface area contributed by atoms with Gasteiger partial charge in [0.15, 0.2) is 5.96 Å². The number of guanidine groups is 1. The maximum atomic E-state index is 5.82. The molecule has 0 saturated heterocycles. The monoisotopic (exact) mass is 384 g/mol. The molecule has 0 aromatic carbocycles. The van der Waals surface area contributed by atoms with Gasteiger partial charge in [0.1, 0.15) is 0 Å². The van der Waals surface area contributed by atoms with E-state index in [1.807, 2.05) is 6.92 Å². The van der Waals surface area contributed by atoms with Crippen LogP contribution < -0.4 is 11.1 Å². The Morgan fingerprint density at radius 3 is 2.53 bits per heavy atom. The number of nitrogens with zero attached hydrogens (tertiary/aromatic N) is 2. The van der Waals surface area contributed by atoms with Crippen molar-refractivity contribution in [3.63, 3.8) is 0 Å². The summed E-state index contributed by atoms with van der Waals surface area (Å²) in [4.78, 5) is 6.87. The first-order valence-corrected chi connectivity index (χ1v) is 6.85. The molecule has 1 rings (SSSR count). The second-order valence-corrected chi connectivity index (χ2v) is 5.33. The van der Waals surface area contributed by atoms with Crippen molar-refractivity contribution in [3.8, 4) is 0 Å². The summed E-state index contributed by atoms with van der Waals surface area (Å²) in [5.41, 5.74) is 5.82. The molecule has 19 heavy (non-hydrogen) atoms. The molecule has 1 aliphatic rings. The molecular formula is C13H29IN4O. The van der Waals surface area contributed by atoms with Crippen LogP contribution in [0.3, 0.4) is 0 Å². The number of rotatable bonds is 8. The number of nitrogens with one attached hydrogen (secondary N) is 1. The third kappa shape index (κ3) is 7.94. The minimum absolute atomic E-state index is 0. The highest BCUT2D eigenvalue weighted by atomic mass is 127. The van der Waals surface area contributed by atoms with E-state index in [9.17, 15) is 0 Å². The highest BCUT2D eigenvalue weighted by molar-refractivity contribution is 14.0. The van der Waals surface area contributed by atoms with Crippen molar-refractivity contribution in [3.05, 3.63) is 0 Å². The van der Waals surface area contributed by atoms with E-state index in [0.717, 1.165) is 19.1 Å². The van der Waals surface area contributed by atoms with Crippen molar-refractivity contribution in [1.82, 2.24) is 10.2 Å². The highest BCUT2D eigenvalue weighted by Crippen LogP contribution is 2.28. The molecule has 3 N–H and O–H groups in total. The van der Waals surface area contributed by atoms with Crippen LogP contribution in [0.15, 0.2) is 4.99 Å². The van der Waals surface area contributed by atoms with Crippen molar-refractivity contribution in [2.75, 3.05) is 26.8 Å². The van der Waals surface area contributed by atoms with Gasteiger partial charge in [0.2, 0.25) is 0 Å². The normalized spacial score (nSPS) is 17.5. The standard InChI is InChI=1S/C13H28N4O.HI/c1-10(2)17(12-5-6-12)8-7-15-13(14)16-11(3)9-18-4;/h10-12H,5-9H2,1-4H3,(H3,14,15,16);1H. The van der Waals surface area contributed by atoms with Gasteiger partial charge < -0.3 is 15.8 Å². The Labute approximate surface area is 134 Å². The number of methoxy groups -OCH3 is 1. The molecule has 1 unspecified atom stereocenters. The average molecular weight is 384 g/mol. The third-order valence-corrected chi connectivity index (χ3v) is 3.13. The summed E-state index contributed by atoms with van der Waals surface area (Å²) in [5.74, 6) is 0.513. The molecule has 0 radical (unpaired) electrons. The molecule has 1 saturated carbocycles. The Morgan fingerprint density at radius 1 is 1.42 bits per heavy atom. The van der Waals surface area contributed by atoms with E-state index in [4.69, 9.17) is 10.5 Å². The zero-order chi connectivity index (χ0) is 13.5. The molecule has 114 valence electrons. The van der Waals surface area contributed by atoms with Crippen LogP contribution in [-0.4, -0.2) is 55.8 Å². The lowest BCUT2D eigenvalue weighted by Gasteiger charge is -2.25. The first-order valence-electron chi connectivity index (χ1n) is 6.85. The first-order chi connectivity index (χ1) is 8.54. The summed E-state index contributed by atoms with van der Waals surface area (Å²) in [7, 11) is 1.68. The van der Waals surface area contributed by atoms with E-state index in [1.54, 1.807) is 7.11 Å². The van der Waals surface area contributed by atoms with Gasteiger partial charge in [-0.15, -0.1) is 24.0 Å². The molecule has 0 aromatic heterocycles. The molecular weight excluding hydrogens is 355 g/mol. The average Bonchev–Trinajstić information content (AvgIpc) is 3.07. The predicted octanol–water partition coefficient (Wildman–Crippen LogP) is 1.42. The van der Waals surface area contributed by atoms with Crippen LogP contribution >= 0.6 is 24.0 Å². The Kier molecular flexibility index (Phi) is 9.72. The van der Waals surface area contributed by atoms with Gasteiger partial charge in [-0.3, -0.25) is 9.89 Å². The van der Waals surface area contributed by atoms with E-state index in [0.29, 0.717) is 18.6 Å². The maximum absolute atomic E-state index is 5.82. The Bertz CT molecular complexity index is 267. The van der Waals surface area contributed by atoms with Crippen LogP contribution in [0.1, 0.15) is 33.6 Å². The topological polar surface area (TPSA) is 62.9 Å². The number of aliphatic imine (C=N–C) groups is 1. The molecule has 0 bridgehead atoms. The van der Waals surface area contributed by atoms with Gasteiger partial charge in [0, 0.05) is 31.8 Å². The fourth-order valence-electron chi connectivity index (χ4n) is 2.14. The van der Waals surface area contributed by atoms with Gasteiger partial charge >= 0.3 is 0 Å². The van der Waals surface area contributed by atoms with Gasteiger partial charge in [-0.1, -0.05) is 0 Å². The quantitative estimate of drug-likeness (QED) is 0.378. The van der Waals surface area contributed by atoms with Crippen LogP contribution in [0.5, 0.6) is 0 Å². The highest BCUT2D eigenvalue weighted by Gasteiger charge is 2.29. The van der Waals surface area contributed by atoms with E-state index in [-0.39, 0.29) is 30.0 Å². The van der Waals surface area contributed by atoms with E-state index in [1.165, 1.54) is 12.8 Å². The molecule has 0 amide bonds. The van der Waals surface area contributed by atoms with Crippen LogP contribution in [0.2, 0.25) is 0 Å². The summed E-state index contributed by atoms with van der Waals surface area (Å²) in [6.45, 7) is 8.89. The Morgan fingerprint density at radius 2 is 2.05 bits per heavy atom. The van der Waals surface area contributed by atoms with Crippen molar-refractivity contribution in [2.45, 2.75) is 51.7 Å². The minimum atomic E-state index is 0. The summed E-state index contributed by atoms with van der Waals surface area (Å²) in [6, 6.07) is 1.57. The van der Waals surface area contributed by atoms with Gasteiger partial charge in [-0.2, -0.15) is 0 Å². The van der Waals surface area contributed by atoms with E-state index >= 15 is 0 Å². The summed E-state index contributed by atoms with van der Waals surface area (Å²) in [5, 5.41) is 3.11. The first kappa shape index (κ1) is 18.9. The molecule has 1 fully saturated rings. The smallest absolute Gasteiger partial charge is 0.188 e. The lowest BCUT2D eigenvalue weighted by molar-refractivity contribution is 0.179. The molecule has 0 heterocycles. The summed E-state index contributed by atoms with van der Waals surface area (Å²) in [6.07, 6.45) is 2.67. The van der Waals surface area contributed by atoms with E-state index in [2.05, 4.69) is 29.1 Å². The van der Waals surface area contributed by atoms with Gasteiger partial charge in [0.05, 0.1) is 13.2 Å². The van der Waals surface area contributed by atoms with Crippen molar-refractivity contribution < 1.29 is 4.74 Å². The lowest BCUT2D eigenvalue weighted by atomic mass is 10.3. The number of hydrogen-bond donors (Lipinski definition) is 2. The maximum Gasteiger partial charge on any atom is 0.188 e. The summed E-state index contributed by atoms with van der Waals surface area (Å²) >= 11 is 0. The number of nitrogens with two attached hydrogens (primary N) is 1. The third-order valence-electron chi connectivity index (χ3n) is 3.13. The zero-order valence-corrected chi connectivity index (χ0v) is 14.9. The fourth-order valence-corrected chi connectivity index (χ4v) is 2.14. The van der Waals surface area contributed by atoms with Crippen LogP contribution in [0.4, 0.5) is 0 Å². The van der Waals surface area contributed by atoms with Crippen LogP contribution in [0.25, 0.3) is 0 Å². The van der Waals surface area contributed by atoms with Crippen LogP contribution in [-0.2, 0) is 4.74 Å². The number of ether oxygens (including phenoxy) is 1. The Balaban J connectivity index is 0.00000324. The van der Waals surface area contributed by atoms with Gasteiger partial charge in [-0.25, -0.2) is 0 Å². The molecule has 5 nitrogen and oxygen atoms in total. The SMILES string of the molecule is COCC(C)NC(N)=NCCN(C(C)C)C1CC1.I. The predicted molar refractivity (Wildman–Crippen MR) is 91.2 cm³/mol. The summed E-state index contributed by atoms with van der Waals surface area (Å²) < 4.78 is 5.04. The second kappa shape index (κ2) is 9.77. The molecule has 1 atom stereocenters. The number of halogens is 1. The van der Waals surface area contributed by atoms with Crippen LogP contribution in [0, 0.1) is 0 Å². The van der Waals surface area contributed by atoms with Crippen molar-refractivity contribution in [2.24, 2.45) is 10.7 Å². The molecule has 0 aliphatic heterocycles.